The number of benzene rings is 1. The predicted octanol–water partition coefficient (Wildman–Crippen LogP) is 2.45. The maximum absolute atomic E-state index is 14.8. The van der Waals surface area contributed by atoms with E-state index in [4.69, 9.17) is 4.74 Å². The second kappa shape index (κ2) is 9.38. The Balaban J connectivity index is 1.75. The van der Waals surface area contributed by atoms with E-state index in [1.54, 1.807) is 0 Å². The van der Waals surface area contributed by atoms with Gasteiger partial charge in [0, 0.05) is 30.6 Å². The van der Waals surface area contributed by atoms with Crippen molar-refractivity contribution in [2.45, 2.75) is 31.3 Å². The van der Waals surface area contributed by atoms with Crippen molar-refractivity contribution in [3.05, 3.63) is 24.3 Å². The van der Waals surface area contributed by atoms with E-state index in [-0.39, 0.29) is 24.4 Å². The van der Waals surface area contributed by atoms with Crippen molar-refractivity contribution in [3.8, 4) is 0 Å². The molecule has 2 saturated heterocycles. The molecule has 14 heteroatoms. The molecule has 4 atom stereocenters. The lowest BCUT2D eigenvalue weighted by Crippen LogP contribution is -2.39. The van der Waals surface area contributed by atoms with Crippen LogP contribution in [0.2, 0.25) is 0 Å². The summed E-state index contributed by atoms with van der Waals surface area (Å²) in [6.45, 7) is -0.0451. The van der Waals surface area contributed by atoms with E-state index < -0.39 is 59.2 Å². The molecule has 0 aromatic heterocycles. The molecule has 3 rings (SSSR count). The average Bonchev–Trinajstić information content (AvgIpc) is 3.06. The number of carbonyl (C=O) groups is 3. The molecular weight excluding hydrogens is 463 g/mol. The highest BCUT2D eigenvalue weighted by Gasteiger charge is 2.40. The van der Waals surface area contributed by atoms with Gasteiger partial charge >= 0.3 is 18.2 Å². The molecule has 0 saturated carbocycles. The van der Waals surface area contributed by atoms with Crippen molar-refractivity contribution in [2.75, 3.05) is 34.9 Å². The van der Waals surface area contributed by atoms with Crippen molar-refractivity contribution < 1.29 is 41.1 Å². The van der Waals surface area contributed by atoms with Crippen LogP contribution in [0.25, 0.3) is 0 Å². The molecule has 1 aromatic rings. The Labute approximate surface area is 181 Å². The van der Waals surface area contributed by atoms with Gasteiger partial charge in [-0.25, -0.2) is 13.6 Å². The molecule has 176 valence electrons. The highest BCUT2D eigenvalue weighted by atomic mass is 32.2. The Hall–Kier alpha value is -2.77. The average molecular weight is 482 g/mol. The molecule has 2 aliphatic heterocycles. The number of anilines is 2. The highest BCUT2D eigenvalue weighted by Crippen LogP contribution is 2.30. The number of nitrogens with zero attached hydrogens (tertiary/aromatic N) is 3. The first kappa shape index (κ1) is 23.9. The number of hydrogen-bond acceptors (Lipinski definition) is 5. The molecule has 0 bridgehead atoms. The fourth-order valence-electron chi connectivity index (χ4n) is 3.22. The summed E-state index contributed by atoms with van der Waals surface area (Å²) in [6, 6.07) is 5.50. The van der Waals surface area contributed by atoms with Gasteiger partial charge in [-0.3, -0.25) is 14.5 Å². The predicted molar refractivity (Wildman–Crippen MR) is 106 cm³/mol. The van der Waals surface area contributed by atoms with E-state index in [0.717, 1.165) is 4.90 Å². The van der Waals surface area contributed by atoms with Gasteiger partial charge in [0.15, 0.2) is 18.7 Å². The maximum Gasteiger partial charge on any atom is 0.474 e. The minimum Gasteiger partial charge on any atom is -0.434 e. The number of alkyl halides is 5. The normalized spacial score (nSPS) is 26.6. The molecule has 0 aliphatic carbocycles. The monoisotopic (exact) mass is 482 g/mol. The van der Waals surface area contributed by atoms with Gasteiger partial charge in [0.05, 0.1) is 12.3 Å². The summed E-state index contributed by atoms with van der Waals surface area (Å²) < 4.78 is 74.7. The number of likely N-dealkylation sites (N-methyl/N-ethyl adjacent to an activating group) is 1. The van der Waals surface area contributed by atoms with Gasteiger partial charge in [-0.15, -0.1) is 0 Å². The fourth-order valence-corrected chi connectivity index (χ4v) is 4.84. The molecule has 1 aromatic carbocycles. The number of carbonyl (C=O) groups excluding carboxylic acids is 3. The van der Waals surface area contributed by atoms with Crippen LogP contribution in [0.5, 0.6) is 0 Å². The van der Waals surface area contributed by atoms with Gasteiger partial charge in [-0.05, 0) is 24.3 Å². The molecule has 0 radical (unpaired) electrons. The molecule has 2 fully saturated rings. The van der Waals surface area contributed by atoms with Crippen molar-refractivity contribution in [1.29, 1.82) is 0 Å². The van der Waals surface area contributed by atoms with E-state index in [0.29, 0.717) is 5.69 Å². The SMILES string of the molecule is CNC(=O)C1CN(c2ccc(N3C(F)CCS(=NC(=O)C(F)(F)F)CC3F)cc2)C(=O)O1. The summed E-state index contributed by atoms with van der Waals surface area (Å²) in [5.41, 5.74) is 0.424. The number of nitrogens with one attached hydrogen (secondary N) is 1. The van der Waals surface area contributed by atoms with Gasteiger partial charge in [-0.1, -0.05) is 10.7 Å². The van der Waals surface area contributed by atoms with Crippen LogP contribution >= 0.6 is 0 Å². The second-order valence-corrected chi connectivity index (χ2v) is 8.75. The Morgan fingerprint density at radius 2 is 1.78 bits per heavy atom. The van der Waals surface area contributed by atoms with Crippen LogP contribution in [0.15, 0.2) is 28.6 Å². The Morgan fingerprint density at radius 1 is 1.16 bits per heavy atom. The lowest BCUT2D eigenvalue weighted by molar-refractivity contribution is -0.169. The fraction of sp³-hybridized carbons (Fsp3) is 0.500. The quantitative estimate of drug-likeness (QED) is 0.528. The maximum atomic E-state index is 14.8. The molecule has 1 N–H and O–H groups in total. The third-order valence-electron chi connectivity index (χ3n) is 4.79. The molecule has 3 amide bonds. The Bertz CT molecular complexity index is 927. The zero-order chi connectivity index (χ0) is 23.6. The summed E-state index contributed by atoms with van der Waals surface area (Å²) in [7, 11) is -0.217. The number of halogens is 5. The first-order valence-electron chi connectivity index (χ1n) is 9.38. The molecule has 4 unspecified atom stereocenters. The van der Waals surface area contributed by atoms with E-state index in [1.807, 2.05) is 0 Å². The number of cyclic esters (lactones) is 1. The van der Waals surface area contributed by atoms with Crippen LogP contribution in [0.3, 0.4) is 0 Å². The standard InChI is InChI=1S/C18H19F5N4O4S/c1-24-15(28)12-8-26(17(30)31-12)10-2-4-11(5-3-10)27-13(19)6-7-32(9-14(27)20)25-16(29)18(21,22)23/h2-5,12-14H,6-9H2,1H3,(H,24,28). The van der Waals surface area contributed by atoms with Gasteiger partial charge in [0.2, 0.25) is 0 Å². The number of rotatable bonds is 3. The van der Waals surface area contributed by atoms with Crippen LogP contribution < -0.4 is 15.1 Å². The van der Waals surface area contributed by atoms with Gasteiger partial charge < -0.3 is 15.0 Å². The smallest absolute Gasteiger partial charge is 0.434 e. The van der Waals surface area contributed by atoms with E-state index in [9.17, 15) is 36.3 Å². The summed E-state index contributed by atoms with van der Waals surface area (Å²) in [6.07, 6.45) is -11.1. The van der Waals surface area contributed by atoms with Gasteiger partial charge in [0.25, 0.3) is 5.91 Å². The van der Waals surface area contributed by atoms with Crippen molar-refractivity contribution in [3.63, 3.8) is 0 Å². The van der Waals surface area contributed by atoms with Crippen molar-refractivity contribution in [1.82, 2.24) is 5.32 Å². The highest BCUT2D eigenvalue weighted by molar-refractivity contribution is 7.87. The zero-order valence-electron chi connectivity index (χ0n) is 16.6. The minimum absolute atomic E-state index is 0.0451. The molecular formula is C18H19F5N4O4S. The van der Waals surface area contributed by atoms with E-state index in [1.165, 1.54) is 36.2 Å². The first-order chi connectivity index (χ1) is 15.0. The van der Waals surface area contributed by atoms with Crippen LogP contribution in [0.4, 0.5) is 38.1 Å². The number of ether oxygens (including phenoxy) is 1. The number of amides is 3. The van der Waals surface area contributed by atoms with Crippen LogP contribution in [-0.4, -0.2) is 67.9 Å². The van der Waals surface area contributed by atoms with Crippen LogP contribution in [0.1, 0.15) is 6.42 Å². The summed E-state index contributed by atoms with van der Waals surface area (Å²) in [5, 5.41) is 2.37. The second-order valence-electron chi connectivity index (χ2n) is 6.91. The largest absolute Gasteiger partial charge is 0.474 e. The van der Waals surface area contributed by atoms with Gasteiger partial charge in [0.1, 0.15) is 0 Å². The van der Waals surface area contributed by atoms with Crippen molar-refractivity contribution >= 4 is 40.0 Å². The number of hydrogen-bond donors (Lipinski definition) is 1. The zero-order valence-corrected chi connectivity index (χ0v) is 17.5. The summed E-state index contributed by atoms with van der Waals surface area (Å²) >= 11 is 0. The van der Waals surface area contributed by atoms with Crippen molar-refractivity contribution in [2.24, 2.45) is 4.36 Å². The van der Waals surface area contributed by atoms with Gasteiger partial charge in [-0.2, -0.15) is 17.5 Å². The third-order valence-corrected chi connectivity index (χ3v) is 6.58. The van der Waals surface area contributed by atoms with E-state index >= 15 is 0 Å². The Morgan fingerprint density at radius 3 is 2.38 bits per heavy atom. The lowest BCUT2D eigenvalue weighted by atomic mass is 10.2. The lowest BCUT2D eigenvalue weighted by Gasteiger charge is -2.29. The molecule has 2 heterocycles. The molecule has 2 aliphatic rings. The first-order valence-corrected chi connectivity index (χ1v) is 10.9. The third kappa shape index (κ3) is 5.16. The van der Waals surface area contributed by atoms with Crippen LogP contribution in [0, 0.1) is 0 Å². The molecule has 0 spiro atoms. The summed E-state index contributed by atoms with van der Waals surface area (Å²) in [5.74, 6) is -3.55. The molecule has 32 heavy (non-hydrogen) atoms. The Kier molecular flexibility index (Phi) is 7.00. The summed E-state index contributed by atoms with van der Waals surface area (Å²) in [4.78, 5) is 36.7. The van der Waals surface area contributed by atoms with E-state index in [2.05, 4.69) is 9.68 Å². The topological polar surface area (TPSA) is 91.3 Å². The molecule has 8 nitrogen and oxygen atoms in total. The minimum atomic E-state index is -5.16. The van der Waals surface area contributed by atoms with Crippen LogP contribution in [-0.2, 0) is 25.0 Å².